The summed E-state index contributed by atoms with van der Waals surface area (Å²) in [4.78, 5) is 22.9. The summed E-state index contributed by atoms with van der Waals surface area (Å²) in [6.45, 7) is 4.51. The number of ether oxygens (including phenoxy) is 1. The molecule has 124 valence electrons. The summed E-state index contributed by atoms with van der Waals surface area (Å²) in [5.74, 6) is -0.382. The molecule has 0 aliphatic rings. The van der Waals surface area contributed by atoms with Gasteiger partial charge in [-0.15, -0.1) is 0 Å². The Hall–Kier alpha value is -1.38. The van der Waals surface area contributed by atoms with E-state index in [0.29, 0.717) is 6.42 Å². The van der Waals surface area contributed by atoms with E-state index in [1.165, 1.54) is 0 Å². The predicted octanol–water partition coefficient (Wildman–Crippen LogP) is -0.878. The molecule has 5 N–H and O–H groups in total. The van der Waals surface area contributed by atoms with Crippen molar-refractivity contribution in [1.82, 2.24) is 10.6 Å². The van der Waals surface area contributed by atoms with Crippen LogP contribution in [0.15, 0.2) is 0 Å². The van der Waals surface area contributed by atoms with Gasteiger partial charge in [0.15, 0.2) is 0 Å². The first-order valence-electron chi connectivity index (χ1n) is 6.85. The van der Waals surface area contributed by atoms with E-state index in [-0.39, 0.29) is 18.9 Å². The number of carbonyl (C=O) groups is 2. The van der Waals surface area contributed by atoms with E-state index in [4.69, 9.17) is 14.9 Å². The SMILES string of the molecule is CC(C)(C)OC(=O)NCCCC(=O)NC(CO)[C@@H](O)CO. The van der Waals surface area contributed by atoms with Gasteiger partial charge >= 0.3 is 6.09 Å². The number of alkyl carbamates (subject to hydrolysis) is 1. The molecule has 0 aromatic carbocycles. The lowest BCUT2D eigenvalue weighted by molar-refractivity contribution is -0.123. The fraction of sp³-hybridized carbons (Fsp3) is 0.846. The molecule has 0 heterocycles. The van der Waals surface area contributed by atoms with Crippen LogP contribution in [-0.4, -0.2) is 64.8 Å². The second-order valence-electron chi connectivity index (χ2n) is 5.64. The van der Waals surface area contributed by atoms with Crippen molar-refractivity contribution in [2.45, 2.75) is 51.4 Å². The molecule has 8 nitrogen and oxygen atoms in total. The number of nitrogens with one attached hydrogen (secondary N) is 2. The summed E-state index contributed by atoms with van der Waals surface area (Å²) in [5.41, 5.74) is -0.573. The first-order chi connectivity index (χ1) is 9.69. The molecule has 0 aliphatic heterocycles. The van der Waals surface area contributed by atoms with Crippen LogP contribution in [0.3, 0.4) is 0 Å². The van der Waals surface area contributed by atoms with Crippen LogP contribution in [0.25, 0.3) is 0 Å². The predicted molar refractivity (Wildman–Crippen MR) is 75.6 cm³/mol. The van der Waals surface area contributed by atoms with Gasteiger partial charge < -0.3 is 30.7 Å². The highest BCUT2D eigenvalue weighted by molar-refractivity contribution is 5.76. The fourth-order valence-corrected chi connectivity index (χ4v) is 1.42. The Morgan fingerprint density at radius 1 is 1.19 bits per heavy atom. The molecule has 2 atom stereocenters. The van der Waals surface area contributed by atoms with Crippen molar-refractivity contribution in [3.05, 3.63) is 0 Å². The molecule has 0 spiro atoms. The third-order valence-electron chi connectivity index (χ3n) is 2.44. The van der Waals surface area contributed by atoms with Crippen molar-refractivity contribution in [2.24, 2.45) is 0 Å². The zero-order valence-corrected chi connectivity index (χ0v) is 12.8. The Balaban J connectivity index is 3.87. The molecule has 0 rings (SSSR count). The average molecular weight is 306 g/mol. The van der Waals surface area contributed by atoms with E-state index in [1.807, 2.05) is 0 Å². The zero-order valence-electron chi connectivity index (χ0n) is 12.8. The van der Waals surface area contributed by atoms with E-state index in [2.05, 4.69) is 10.6 Å². The molecule has 0 aromatic rings. The minimum absolute atomic E-state index is 0.116. The Morgan fingerprint density at radius 2 is 1.81 bits per heavy atom. The van der Waals surface area contributed by atoms with E-state index in [0.717, 1.165) is 0 Å². The van der Waals surface area contributed by atoms with Crippen LogP contribution in [-0.2, 0) is 9.53 Å². The summed E-state index contributed by atoms with van der Waals surface area (Å²) in [7, 11) is 0. The van der Waals surface area contributed by atoms with Crippen molar-refractivity contribution in [3.8, 4) is 0 Å². The second kappa shape index (κ2) is 9.54. The van der Waals surface area contributed by atoms with Crippen LogP contribution in [0.4, 0.5) is 4.79 Å². The van der Waals surface area contributed by atoms with Gasteiger partial charge in [0.1, 0.15) is 5.60 Å². The lowest BCUT2D eigenvalue weighted by Gasteiger charge is -2.21. The lowest BCUT2D eigenvalue weighted by atomic mass is 10.1. The van der Waals surface area contributed by atoms with E-state index < -0.39 is 37.1 Å². The summed E-state index contributed by atoms with van der Waals surface area (Å²) >= 11 is 0. The lowest BCUT2D eigenvalue weighted by Crippen LogP contribution is -2.47. The minimum atomic E-state index is -1.21. The number of amides is 2. The highest BCUT2D eigenvalue weighted by atomic mass is 16.6. The summed E-state index contributed by atoms with van der Waals surface area (Å²) in [6, 6.07) is -0.902. The molecule has 1 unspecified atom stereocenters. The summed E-state index contributed by atoms with van der Waals surface area (Å²) in [5, 5.41) is 32.0. The van der Waals surface area contributed by atoms with Gasteiger partial charge in [0.25, 0.3) is 0 Å². The molecular formula is C13H26N2O6. The average Bonchev–Trinajstić information content (AvgIpc) is 2.38. The molecule has 0 saturated carbocycles. The van der Waals surface area contributed by atoms with E-state index >= 15 is 0 Å². The maximum Gasteiger partial charge on any atom is 0.407 e. The molecule has 2 amide bonds. The van der Waals surface area contributed by atoms with Crippen LogP contribution in [0.2, 0.25) is 0 Å². The molecule has 0 bridgehead atoms. The third kappa shape index (κ3) is 10.1. The fourth-order valence-electron chi connectivity index (χ4n) is 1.42. The van der Waals surface area contributed by atoms with Crippen molar-refractivity contribution < 1.29 is 29.6 Å². The van der Waals surface area contributed by atoms with Crippen molar-refractivity contribution in [1.29, 1.82) is 0 Å². The topological polar surface area (TPSA) is 128 Å². The maximum atomic E-state index is 11.5. The van der Waals surface area contributed by atoms with Crippen molar-refractivity contribution in [3.63, 3.8) is 0 Å². The summed E-state index contributed by atoms with van der Waals surface area (Å²) in [6.07, 6.45) is -1.26. The van der Waals surface area contributed by atoms with Gasteiger partial charge in [-0.25, -0.2) is 4.79 Å². The Kier molecular flexibility index (Phi) is 8.91. The maximum absolute atomic E-state index is 11.5. The number of aliphatic hydroxyl groups is 3. The highest BCUT2D eigenvalue weighted by Gasteiger charge is 2.19. The minimum Gasteiger partial charge on any atom is -0.444 e. The molecule has 0 fully saturated rings. The molecular weight excluding hydrogens is 280 g/mol. The molecule has 0 aromatic heterocycles. The van der Waals surface area contributed by atoms with Gasteiger partial charge in [0, 0.05) is 13.0 Å². The van der Waals surface area contributed by atoms with Crippen molar-refractivity contribution in [2.75, 3.05) is 19.8 Å². The second-order valence-corrected chi connectivity index (χ2v) is 5.64. The van der Waals surface area contributed by atoms with Crippen LogP contribution in [0.1, 0.15) is 33.6 Å². The number of carbonyl (C=O) groups excluding carboxylic acids is 2. The van der Waals surface area contributed by atoms with Gasteiger partial charge in [-0.2, -0.15) is 0 Å². The van der Waals surface area contributed by atoms with Gasteiger partial charge in [0.2, 0.25) is 5.91 Å². The number of rotatable bonds is 8. The third-order valence-corrected chi connectivity index (χ3v) is 2.44. The number of aliphatic hydroxyl groups excluding tert-OH is 3. The van der Waals surface area contributed by atoms with Gasteiger partial charge in [-0.05, 0) is 27.2 Å². The Morgan fingerprint density at radius 3 is 2.29 bits per heavy atom. The van der Waals surface area contributed by atoms with Crippen molar-refractivity contribution >= 4 is 12.0 Å². The smallest absolute Gasteiger partial charge is 0.407 e. The first-order valence-corrected chi connectivity index (χ1v) is 6.85. The molecule has 8 heteroatoms. The van der Waals surface area contributed by atoms with E-state index in [1.54, 1.807) is 20.8 Å². The van der Waals surface area contributed by atoms with Crippen LogP contribution < -0.4 is 10.6 Å². The molecule has 0 aliphatic carbocycles. The first kappa shape index (κ1) is 19.6. The normalized spacial score (nSPS) is 14.2. The number of hydrogen-bond donors (Lipinski definition) is 5. The van der Waals surface area contributed by atoms with E-state index in [9.17, 15) is 14.7 Å². The number of hydrogen-bond acceptors (Lipinski definition) is 6. The highest BCUT2D eigenvalue weighted by Crippen LogP contribution is 2.06. The van der Waals surface area contributed by atoms with Crippen LogP contribution >= 0.6 is 0 Å². The van der Waals surface area contributed by atoms with Crippen LogP contribution in [0.5, 0.6) is 0 Å². The largest absolute Gasteiger partial charge is 0.444 e. The molecule has 0 radical (unpaired) electrons. The Bertz CT molecular complexity index is 329. The molecule has 21 heavy (non-hydrogen) atoms. The monoisotopic (exact) mass is 306 g/mol. The molecule has 0 saturated heterocycles. The quantitative estimate of drug-likeness (QED) is 0.371. The van der Waals surface area contributed by atoms with Gasteiger partial charge in [-0.1, -0.05) is 0 Å². The zero-order chi connectivity index (χ0) is 16.5. The standard InChI is InChI=1S/C13H26N2O6/c1-13(2,3)21-12(20)14-6-4-5-11(19)15-9(7-16)10(18)8-17/h9-10,16-18H,4-8H2,1-3H3,(H,14,20)(H,15,19)/t9?,10-/m0/s1. The van der Waals surface area contributed by atoms with Gasteiger partial charge in [-0.3, -0.25) is 4.79 Å². The van der Waals surface area contributed by atoms with Crippen LogP contribution in [0, 0.1) is 0 Å². The summed E-state index contributed by atoms with van der Waals surface area (Å²) < 4.78 is 5.03. The van der Waals surface area contributed by atoms with Gasteiger partial charge in [0.05, 0.1) is 25.4 Å². The Labute approximate surface area is 124 Å².